The smallest absolute Gasteiger partial charge is 0.149 e. The lowest BCUT2D eigenvalue weighted by Crippen LogP contribution is -2.13. The Kier molecular flexibility index (Phi) is 3.12. The van der Waals surface area contributed by atoms with Gasteiger partial charge in [0.25, 0.3) is 0 Å². The zero-order chi connectivity index (χ0) is 11.8. The van der Waals surface area contributed by atoms with Gasteiger partial charge < -0.3 is 5.73 Å². The lowest BCUT2D eigenvalue weighted by Gasteiger charge is -2.18. The van der Waals surface area contributed by atoms with E-state index in [9.17, 15) is 0 Å². The topological polar surface area (TPSA) is 43.8 Å². The molecule has 0 aromatic carbocycles. The van der Waals surface area contributed by atoms with Crippen LogP contribution in [0.5, 0.6) is 0 Å². The number of anilines is 1. The second-order valence-electron chi connectivity index (χ2n) is 5.64. The molecule has 0 bridgehead atoms. The van der Waals surface area contributed by atoms with E-state index in [1.165, 1.54) is 0 Å². The maximum atomic E-state index is 5.93. The van der Waals surface area contributed by atoms with E-state index in [-0.39, 0.29) is 5.41 Å². The molecule has 0 saturated carbocycles. The molecule has 1 atom stereocenters. The molecule has 1 unspecified atom stereocenters. The Morgan fingerprint density at radius 1 is 1.27 bits per heavy atom. The van der Waals surface area contributed by atoms with Crippen molar-refractivity contribution in [3.05, 3.63) is 11.8 Å². The van der Waals surface area contributed by atoms with Gasteiger partial charge in [-0.05, 0) is 18.3 Å². The van der Waals surface area contributed by atoms with Crippen molar-refractivity contribution in [2.24, 2.45) is 5.92 Å². The second kappa shape index (κ2) is 3.87. The molecule has 0 aliphatic heterocycles. The summed E-state index contributed by atoms with van der Waals surface area (Å²) >= 11 is 0. The van der Waals surface area contributed by atoms with E-state index in [4.69, 9.17) is 5.73 Å². The molecule has 1 aromatic heterocycles. The van der Waals surface area contributed by atoms with Crippen LogP contribution in [-0.2, 0) is 5.41 Å². The minimum absolute atomic E-state index is 0.0685. The van der Waals surface area contributed by atoms with Crippen LogP contribution >= 0.6 is 0 Å². The minimum Gasteiger partial charge on any atom is -0.382 e. The quantitative estimate of drug-likeness (QED) is 0.813. The maximum absolute atomic E-state index is 5.93. The van der Waals surface area contributed by atoms with Gasteiger partial charge in [-0.3, -0.25) is 4.68 Å². The molecule has 15 heavy (non-hydrogen) atoms. The van der Waals surface area contributed by atoms with Gasteiger partial charge in [0.2, 0.25) is 0 Å². The molecular formula is C12H23N3. The first-order valence-corrected chi connectivity index (χ1v) is 5.58. The van der Waals surface area contributed by atoms with Crippen molar-refractivity contribution in [2.45, 2.75) is 53.0 Å². The number of hydrogen-bond donors (Lipinski definition) is 1. The van der Waals surface area contributed by atoms with Gasteiger partial charge in [0.15, 0.2) is 0 Å². The van der Waals surface area contributed by atoms with E-state index in [2.05, 4.69) is 52.8 Å². The molecular weight excluding hydrogens is 186 g/mol. The minimum atomic E-state index is 0.0685. The summed E-state index contributed by atoms with van der Waals surface area (Å²) in [5.41, 5.74) is 7.14. The van der Waals surface area contributed by atoms with E-state index in [1.54, 1.807) is 0 Å². The zero-order valence-electron chi connectivity index (χ0n) is 10.7. The summed E-state index contributed by atoms with van der Waals surface area (Å²) in [6.45, 7) is 13.0. The molecule has 86 valence electrons. The molecule has 0 aliphatic rings. The van der Waals surface area contributed by atoms with Crippen LogP contribution in [0.15, 0.2) is 6.20 Å². The van der Waals surface area contributed by atoms with Crippen molar-refractivity contribution >= 4 is 5.82 Å². The van der Waals surface area contributed by atoms with Crippen LogP contribution in [0, 0.1) is 5.92 Å². The first-order valence-electron chi connectivity index (χ1n) is 5.58. The van der Waals surface area contributed by atoms with E-state index < -0.39 is 0 Å². The molecule has 0 aliphatic carbocycles. The van der Waals surface area contributed by atoms with Crippen molar-refractivity contribution in [2.75, 3.05) is 5.73 Å². The van der Waals surface area contributed by atoms with Gasteiger partial charge in [-0.25, -0.2) is 0 Å². The highest BCUT2D eigenvalue weighted by molar-refractivity contribution is 5.42. The summed E-state index contributed by atoms with van der Waals surface area (Å²) in [7, 11) is 0. The van der Waals surface area contributed by atoms with Gasteiger partial charge in [-0.15, -0.1) is 0 Å². The lowest BCUT2D eigenvalue weighted by atomic mass is 9.89. The Bertz CT molecular complexity index is 331. The van der Waals surface area contributed by atoms with Crippen LogP contribution in [0.25, 0.3) is 0 Å². The highest BCUT2D eigenvalue weighted by atomic mass is 15.3. The number of nitrogens with two attached hydrogens (primary N) is 1. The fraction of sp³-hybridized carbons (Fsp3) is 0.750. The molecule has 0 saturated heterocycles. The van der Waals surface area contributed by atoms with E-state index in [0.29, 0.717) is 17.8 Å². The van der Waals surface area contributed by atoms with Gasteiger partial charge >= 0.3 is 0 Å². The highest BCUT2D eigenvalue weighted by Gasteiger charge is 2.22. The molecule has 0 spiro atoms. The molecule has 0 amide bonds. The van der Waals surface area contributed by atoms with Crippen molar-refractivity contribution in [3.8, 4) is 0 Å². The third-order valence-corrected chi connectivity index (χ3v) is 2.95. The van der Waals surface area contributed by atoms with Crippen molar-refractivity contribution in [1.82, 2.24) is 9.78 Å². The predicted octanol–water partition coefficient (Wildman–Crippen LogP) is 2.98. The molecule has 0 radical (unpaired) electrons. The first kappa shape index (κ1) is 12.1. The molecule has 0 fully saturated rings. The monoisotopic (exact) mass is 209 g/mol. The Morgan fingerprint density at radius 2 is 1.80 bits per heavy atom. The average Bonchev–Trinajstić information content (AvgIpc) is 2.44. The normalized spacial score (nSPS) is 14.6. The number of aromatic nitrogens is 2. The molecule has 1 aromatic rings. The van der Waals surface area contributed by atoms with E-state index in [1.807, 2.05) is 4.68 Å². The average molecular weight is 209 g/mol. The van der Waals surface area contributed by atoms with Crippen molar-refractivity contribution in [3.63, 3.8) is 0 Å². The van der Waals surface area contributed by atoms with Gasteiger partial charge in [0, 0.05) is 11.8 Å². The Morgan fingerprint density at radius 3 is 2.13 bits per heavy atom. The van der Waals surface area contributed by atoms with Crippen LogP contribution in [0.1, 0.15) is 53.1 Å². The van der Waals surface area contributed by atoms with Gasteiger partial charge in [0.1, 0.15) is 5.82 Å². The van der Waals surface area contributed by atoms with Crippen molar-refractivity contribution in [1.29, 1.82) is 0 Å². The molecule has 3 nitrogen and oxygen atoms in total. The zero-order valence-corrected chi connectivity index (χ0v) is 10.7. The number of nitrogen functional groups attached to an aromatic ring is 1. The largest absolute Gasteiger partial charge is 0.382 e. The molecule has 3 heteroatoms. The van der Waals surface area contributed by atoms with Crippen LogP contribution in [0.4, 0.5) is 5.82 Å². The molecule has 1 heterocycles. The van der Waals surface area contributed by atoms with Crippen LogP contribution in [0.3, 0.4) is 0 Å². The van der Waals surface area contributed by atoms with Crippen LogP contribution in [0.2, 0.25) is 0 Å². The summed E-state index contributed by atoms with van der Waals surface area (Å²) in [6.07, 6.45) is 2.08. The summed E-state index contributed by atoms with van der Waals surface area (Å²) in [4.78, 5) is 0. The third-order valence-electron chi connectivity index (χ3n) is 2.95. The fourth-order valence-corrected chi connectivity index (χ4v) is 1.50. The SMILES string of the molecule is CC(C)C(C)n1cc(C(C)(C)C)c(N)n1. The predicted molar refractivity (Wildman–Crippen MR) is 64.9 cm³/mol. The fourth-order valence-electron chi connectivity index (χ4n) is 1.50. The van der Waals surface area contributed by atoms with Crippen LogP contribution < -0.4 is 5.73 Å². The summed E-state index contributed by atoms with van der Waals surface area (Å²) < 4.78 is 1.99. The second-order valence-corrected chi connectivity index (χ2v) is 5.64. The van der Waals surface area contributed by atoms with E-state index in [0.717, 1.165) is 5.56 Å². The third kappa shape index (κ3) is 2.52. The van der Waals surface area contributed by atoms with Gasteiger partial charge in [0.05, 0.1) is 6.04 Å². The van der Waals surface area contributed by atoms with Crippen molar-refractivity contribution < 1.29 is 0 Å². The van der Waals surface area contributed by atoms with Gasteiger partial charge in [-0.2, -0.15) is 5.10 Å². The molecule has 1 rings (SSSR count). The Hall–Kier alpha value is -0.990. The summed E-state index contributed by atoms with van der Waals surface area (Å²) in [5.74, 6) is 1.23. The Labute approximate surface area is 92.7 Å². The number of hydrogen-bond acceptors (Lipinski definition) is 2. The van der Waals surface area contributed by atoms with E-state index >= 15 is 0 Å². The maximum Gasteiger partial charge on any atom is 0.149 e. The van der Waals surface area contributed by atoms with Gasteiger partial charge in [-0.1, -0.05) is 34.6 Å². The molecule has 2 N–H and O–H groups in total. The Balaban J connectivity index is 3.06. The number of rotatable bonds is 2. The van der Waals surface area contributed by atoms with Crippen LogP contribution in [-0.4, -0.2) is 9.78 Å². The highest BCUT2D eigenvalue weighted by Crippen LogP contribution is 2.28. The standard InChI is InChI=1S/C12H23N3/c1-8(2)9(3)15-7-10(11(13)14-15)12(4,5)6/h7-9H,1-6H3,(H2,13,14). The first-order chi connectivity index (χ1) is 6.73. The number of nitrogens with zero attached hydrogens (tertiary/aromatic N) is 2. The summed E-state index contributed by atoms with van der Waals surface area (Å²) in [6, 6.07) is 0.392. The summed E-state index contributed by atoms with van der Waals surface area (Å²) in [5, 5.41) is 4.39. The lowest BCUT2D eigenvalue weighted by molar-refractivity contribution is 0.375.